The fourth-order valence-electron chi connectivity index (χ4n) is 2.18. The number of thioether (sulfide) groups is 1. The predicted molar refractivity (Wildman–Crippen MR) is 78.2 cm³/mol. The number of esters is 1. The summed E-state index contributed by atoms with van der Waals surface area (Å²) in [7, 11) is 1.40. The van der Waals surface area contributed by atoms with Crippen molar-refractivity contribution in [2.45, 2.75) is 39.0 Å². The lowest BCUT2D eigenvalue weighted by Crippen LogP contribution is -2.35. The molecule has 0 aromatic rings. The molecule has 0 spiro atoms. The molecule has 1 amide bonds. The van der Waals surface area contributed by atoms with Crippen LogP contribution in [-0.2, 0) is 14.3 Å². The van der Waals surface area contributed by atoms with Crippen LogP contribution >= 0.6 is 11.8 Å². The van der Waals surface area contributed by atoms with Gasteiger partial charge in [-0.1, -0.05) is 26.2 Å². The molecule has 1 heterocycles. The number of rotatable bonds is 5. The number of ether oxygens (including phenoxy) is 1. The van der Waals surface area contributed by atoms with Gasteiger partial charge in [0.25, 0.3) is 0 Å². The van der Waals surface area contributed by atoms with E-state index in [1.165, 1.54) is 38.1 Å². The molecule has 1 fully saturated rings. The summed E-state index contributed by atoms with van der Waals surface area (Å²) in [5, 5.41) is 0. The quantitative estimate of drug-likeness (QED) is 0.728. The van der Waals surface area contributed by atoms with Gasteiger partial charge in [-0.05, 0) is 12.8 Å². The van der Waals surface area contributed by atoms with Crippen molar-refractivity contribution in [1.82, 2.24) is 4.90 Å². The second-order valence-electron chi connectivity index (χ2n) is 5.09. The van der Waals surface area contributed by atoms with Gasteiger partial charge >= 0.3 is 5.97 Å². The highest BCUT2D eigenvalue weighted by molar-refractivity contribution is 7.99. The molecule has 110 valence electrons. The van der Waals surface area contributed by atoms with Gasteiger partial charge in [0, 0.05) is 18.8 Å². The summed E-state index contributed by atoms with van der Waals surface area (Å²) in [4.78, 5) is 25.3. The minimum atomic E-state index is -0.203. The maximum atomic E-state index is 12.1. The number of nitrogens with zero attached hydrogens (tertiary/aromatic N) is 1. The summed E-state index contributed by atoms with van der Waals surface area (Å²) in [5.41, 5.74) is 0. The Bertz CT molecular complexity index is 288. The van der Waals surface area contributed by atoms with E-state index in [-0.39, 0.29) is 17.8 Å². The van der Waals surface area contributed by atoms with Gasteiger partial charge in [-0.25, -0.2) is 0 Å². The standard InChI is InChI=1S/C14H25NO3S/c1-12(14(17)18-2)10-19-11-13(16)15-8-6-4-3-5-7-9-15/h12H,3-11H2,1-2H3. The molecule has 0 bridgehead atoms. The van der Waals surface area contributed by atoms with E-state index in [1.54, 1.807) is 0 Å². The number of carbonyl (C=O) groups excluding carboxylic acids is 2. The van der Waals surface area contributed by atoms with Crippen molar-refractivity contribution in [3.63, 3.8) is 0 Å². The summed E-state index contributed by atoms with van der Waals surface area (Å²) < 4.78 is 4.67. The SMILES string of the molecule is COC(=O)C(C)CSCC(=O)N1CCCCCCC1. The number of methoxy groups -OCH3 is 1. The molecule has 19 heavy (non-hydrogen) atoms. The zero-order chi connectivity index (χ0) is 14.1. The molecule has 1 saturated heterocycles. The molecule has 0 aliphatic carbocycles. The van der Waals surface area contributed by atoms with Gasteiger partial charge in [-0.3, -0.25) is 9.59 Å². The van der Waals surface area contributed by atoms with Crippen molar-refractivity contribution in [3.05, 3.63) is 0 Å². The number of carbonyl (C=O) groups is 2. The molecule has 0 N–H and O–H groups in total. The zero-order valence-corrected chi connectivity index (χ0v) is 12.8. The zero-order valence-electron chi connectivity index (χ0n) is 12.0. The minimum absolute atomic E-state index is 0.143. The Morgan fingerprint density at radius 1 is 1.16 bits per heavy atom. The fraction of sp³-hybridized carbons (Fsp3) is 0.857. The smallest absolute Gasteiger partial charge is 0.309 e. The van der Waals surface area contributed by atoms with Crippen LogP contribution in [-0.4, -0.2) is 48.5 Å². The Balaban J connectivity index is 2.23. The Labute approximate surface area is 120 Å². The second kappa shape index (κ2) is 9.23. The van der Waals surface area contributed by atoms with Gasteiger partial charge in [0.15, 0.2) is 0 Å². The average Bonchev–Trinajstić information content (AvgIpc) is 2.37. The van der Waals surface area contributed by atoms with E-state index in [4.69, 9.17) is 0 Å². The maximum Gasteiger partial charge on any atom is 0.309 e. The first-order valence-electron chi connectivity index (χ1n) is 7.08. The van der Waals surface area contributed by atoms with Gasteiger partial charge in [0.1, 0.15) is 0 Å². The number of amides is 1. The fourth-order valence-corrected chi connectivity index (χ4v) is 3.15. The minimum Gasteiger partial charge on any atom is -0.469 e. The van der Waals surface area contributed by atoms with Crippen LogP contribution in [0, 0.1) is 5.92 Å². The largest absolute Gasteiger partial charge is 0.469 e. The Morgan fingerprint density at radius 3 is 2.32 bits per heavy atom. The lowest BCUT2D eigenvalue weighted by molar-refractivity contribution is -0.144. The Kier molecular flexibility index (Phi) is 7.94. The molecule has 1 atom stereocenters. The predicted octanol–water partition coefficient (Wildman–Crippen LogP) is 2.32. The molecule has 0 aromatic carbocycles. The Hall–Kier alpha value is -0.710. The molecular weight excluding hydrogens is 262 g/mol. The van der Waals surface area contributed by atoms with Crippen LogP contribution in [0.2, 0.25) is 0 Å². The van der Waals surface area contributed by atoms with Gasteiger partial charge < -0.3 is 9.64 Å². The van der Waals surface area contributed by atoms with Crippen molar-refractivity contribution in [2.75, 3.05) is 31.7 Å². The molecule has 4 nitrogen and oxygen atoms in total. The van der Waals surface area contributed by atoms with Gasteiger partial charge in [-0.2, -0.15) is 11.8 Å². The van der Waals surface area contributed by atoms with E-state index >= 15 is 0 Å². The lowest BCUT2D eigenvalue weighted by atomic mass is 10.1. The van der Waals surface area contributed by atoms with Crippen LogP contribution in [0.25, 0.3) is 0 Å². The summed E-state index contributed by atoms with van der Waals surface area (Å²) in [6.07, 6.45) is 6.00. The highest BCUT2D eigenvalue weighted by Crippen LogP contribution is 2.14. The van der Waals surface area contributed by atoms with Crippen molar-refractivity contribution >= 4 is 23.6 Å². The van der Waals surface area contributed by atoms with E-state index in [0.717, 1.165) is 25.9 Å². The molecule has 1 aliphatic rings. The van der Waals surface area contributed by atoms with Crippen LogP contribution < -0.4 is 0 Å². The van der Waals surface area contributed by atoms with Crippen molar-refractivity contribution in [3.8, 4) is 0 Å². The molecule has 5 heteroatoms. The van der Waals surface area contributed by atoms with Crippen LogP contribution in [0.5, 0.6) is 0 Å². The van der Waals surface area contributed by atoms with Gasteiger partial charge in [0.05, 0.1) is 18.8 Å². The van der Waals surface area contributed by atoms with E-state index in [1.807, 2.05) is 11.8 Å². The summed E-state index contributed by atoms with van der Waals surface area (Å²) in [5.74, 6) is 0.985. The first-order chi connectivity index (χ1) is 9.15. The van der Waals surface area contributed by atoms with Crippen LogP contribution in [0.3, 0.4) is 0 Å². The summed E-state index contributed by atoms with van der Waals surface area (Å²) >= 11 is 1.53. The first-order valence-corrected chi connectivity index (χ1v) is 8.24. The monoisotopic (exact) mass is 287 g/mol. The van der Waals surface area contributed by atoms with E-state index in [0.29, 0.717) is 11.5 Å². The summed E-state index contributed by atoms with van der Waals surface area (Å²) in [6, 6.07) is 0. The van der Waals surface area contributed by atoms with Crippen molar-refractivity contribution in [1.29, 1.82) is 0 Å². The third kappa shape index (κ3) is 6.32. The molecule has 0 aromatic heterocycles. The first kappa shape index (κ1) is 16.3. The number of likely N-dealkylation sites (tertiary alicyclic amines) is 1. The van der Waals surface area contributed by atoms with E-state index in [2.05, 4.69) is 4.74 Å². The number of hydrogen-bond acceptors (Lipinski definition) is 4. The summed E-state index contributed by atoms with van der Waals surface area (Å²) in [6.45, 7) is 3.62. The molecular formula is C14H25NO3S. The van der Waals surface area contributed by atoms with E-state index < -0.39 is 0 Å². The Morgan fingerprint density at radius 2 is 1.74 bits per heavy atom. The van der Waals surface area contributed by atoms with Gasteiger partial charge in [0.2, 0.25) is 5.91 Å². The highest BCUT2D eigenvalue weighted by Gasteiger charge is 2.17. The maximum absolute atomic E-state index is 12.1. The molecule has 1 unspecified atom stereocenters. The van der Waals surface area contributed by atoms with Crippen LogP contribution in [0.15, 0.2) is 0 Å². The molecule has 1 rings (SSSR count). The molecule has 0 saturated carbocycles. The average molecular weight is 287 g/mol. The van der Waals surface area contributed by atoms with E-state index in [9.17, 15) is 9.59 Å². The second-order valence-corrected chi connectivity index (χ2v) is 6.12. The number of hydrogen-bond donors (Lipinski definition) is 0. The highest BCUT2D eigenvalue weighted by atomic mass is 32.2. The lowest BCUT2D eigenvalue weighted by Gasteiger charge is -2.24. The molecule has 1 aliphatic heterocycles. The van der Waals surface area contributed by atoms with Gasteiger partial charge in [-0.15, -0.1) is 0 Å². The molecule has 0 radical (unpaired) electrons. The third-order valence-corrected chi connectivity index (χ3v) is 4.59. The van der Waals surface area contributed by atoms with Crippen molar-refractivity contribution in [2.24, 2.45) is 5.92 Å². The topological polar surface area (TPSA) is 46.6 Å². The van der Waals surface area contributed by atoms with Crippen LogP contribution in [0.4, 0.5) is 0 Å². The normalized spacial score (nSPS) is 18.3. The van der Waals surface area contributed by atoms with Crippen molar-refractivity contribution < 1.29 is 14.3 Å². The van der Waals surface area contributed by atoms with Crippen LogP contribution in [0.1, 0.15) is 39.0 Å². The third-order valence-electron chi connectivity index (χ3n) is 3.41.